The van der Waals surface area contributed by atoms with E-state index in [4.69, 9.17) is 20.8 Å². The van der Waals surface area contributed by atoms with E-state index in [1.807, 2.05) is 41.3 Å². The number of hydrogen-bond acceptors (Lipinski definition) is 4. The van der Waals surface area contributed by atoms with E-state index in [-0.39, 0.29) is 11.9 Å². The Hall–Kier alpha value is -2.79. The van der Waals surface area contributed by atoms with Crippen molar-refractivity contribution in [3.63, 3.8) is 0 Å². The van der Waals surface area contributed by atoms with Gasteiger partial charge in [0.15, 0.2) is 0 Å². The number of nitrogens with zero attached hydrogens (tertiary/aromatic N) is 2. The van der Waals surface area contributed by atoms with Gasteiger partial charge in [0.25, 0.3) is 5.91 Å². The van der Waals surface area contributed by atoms with Gasteiger partial charge in [0, 0.05) is 18.0 Å². The van der Waals surface area contributed by atoms with Gasteiger partial charge in [-0.2, -0.15) is 0 Å². The first-order chi connectivity index (χ1) is 14.2. The zero-order valence-corrected chi connectivity index (χ0v) is 17.1. The highest BCUT2D eigenvalue weighted by atomic mass is 35.5. The summed E-state index contributed by atoms with van der Waals surface area (Å²) in [4.78, 5) is 19.6. The number of para-hydroxylation sites is 1. The van der Waals surface area contributed by atoms with E-state index in [0.29, 0.717) is 35.2 Å². The fourth-order valence-electron chi connectivity index (χ4n) is 3.80. The molecule has 0 aliphatic carbocycles. The summed E-state index contributed by atoms with van der Waals surface area (Å²) in [5.41, 5.74) is 1.55. The number of hydrogen-bond donors (Lipinski definition) is 0. The second-order valence-electron chi connectivity index (χ2n) is 7.14. The molecule has 0 bridgehead atoms. The molecule has 1 aliphatic rings. The summed E-state index contributed by atoms with van der Waals surface area (Å²) in [7, 11) is 1.58. The van der Waals surface area contributed by atoms with Gasteiger partial charge in [-0.1, -0.05) is 41.9 Å². The van der Waals surface area contributed by atoms with Crippen molar-refractivity contribution in [1.29, 1.82) is 0 Å². The number of ether oxygens (including phenoxy) is 1. The lowest BCUT2D eigenvalue weighted by Crippen LogP contribution is -2.38. The molecular formula is C23H23ClN2O3. The Morgan fingerprint density at radius 2 is 2.00 bits per heavy atom. The average Bonchev–Trinajstić information content (AvgIpc) is 3.23. The van der Waals surface area contributed by atoms with Crippen molar-refractivity contribution in [2.75, 3.05) is 13.7 Å². The predicted molar refractivity (Wildman–Crippen MR) is 111 cm³/mol. The van der Waals surface area contributed by atoms with Crippen LogP contribution in [0.15, 0.2) is 59.1 Å². The maximum Gasteiger partial charge on any atom is 0.258 e. The van der Waals surface area contributed by atoms with Crippen molar-refractivity contribution in [3.8, 4) is 5.75 Å². The molecule has 29 heavy (non-hydrogen) atoms. The fraction of sp³-hybridized carbons (Fsp3) is 0.304. The number of piperidine rings is 1. The van der Waals surface area contributed by atoms with Crippen LogP contribution in [0.3, 0.4) is 0 Å². The Morgan fingerprint density at radius 3 is 2.83 bits per heavy atom. The number of likely N-dealkylation sites (tertiary alicyclic amines) is 1. The highest BCUT2D eigenvalue weighted by molar-refractivity contribution is 6.31. The average molecular weight is 411 g/mol. The molecule has 4 rings (SSSR count). The number of oxazole rings is 1. The molecule has 1 amide bonds. The molecule has 0 unspecified atom stereocenters. The molecule has 3 aromatic rings. The maximum atomic E-state index is 13.3. The largest absolute Gasteiger partial charge is 0.496 e. The van der Waals surface area contributed by atoms with Gasteiger partial charge in [0.2, 0.25) is 5.89 Å². The van der Waals surface area contributed by atoms with Crippen molar-refractivity contribution in [1.82, 2.24) is 9.88 Å². The molecule has 1 saturated heterocycles. The van der Waals surface area contributed by atoms with E-state index < -0.39 is 0 Å². The minimum absolute atomic E-state index is 0.0574. The topological polar surface area (TPSA) is 55.6 Å². The Labute approximate surface area is 175 Å². The van der Waals surface area contributed by atoms with Gasteiger partial charge in [-0.15, -0.1) is 0 Å². The number of carbonyl (C=O) groups excluding carboxylic acids is 1. The first-order valence-electron chi connectivity index (χ1n) is 9.79. The molecule has 1 aliphatic heterocycles. The molecule has 0 radical (unpaired) electrons. The molecule has 1 atom stereocenters. The summed E-state index contributed by atoms with van der Waals surface area (Å²) >= 11 is 6.26. The number of amides is 1. The quantitative estimate of drug-likeness (QED) is 0.573. The summed E-state index contributed by atoms with van der Waals surface area (Å²) in [6.45, 7) is 0.670. The molecule has 0 N–H and O–H groups in total. The zero-order chi connectivity index (χ0) is 20.2. The lowest BCUT2D eigenvalue weighted by Gasteiger charge is -2.34. The monoisotopic (exact) mass is 410 g/mol. The molecule has 2 aromatic carbocycles. The number of aromatic nitrogens is 1. The van der Waals surface area contributed by atoms with Gasteiger partial charge in [-0.05, 0) is 43.0 Å². The third kappa shape index (κ3) is 4.15. The summed E-state index contributed by atoms with van der Waals surface area (Å²) in [6.07, 6.45) is 5.12. The molecule has 0 saturated carbocycles. The summed E-state index contributed by atoms with van der Waals surface area (Å²) < 4.78 is 11.4. The van der Waals surface area contributed by atoms with Crippen LogP contribution in [-0.2, 0) is 6.42 Å². The second kappa shape index (κ2) is 8.70. The number of benzene rings is 2. The first-order valence-corrected chi connectivity index (χ1v) is 10.2. The van der Waals surface area contributed by atoms with E-state index >= 15 is 0 Å². The third-order valence-electron chi connectivity index (χ3n) is 5.28. The maximum absolute atomic E-state index is 13.3. The third-order valence-corrected chi connectivity index (χ3v) is 5.65. The van der Waals surface area contributed by atoms with Gasteiger partial charge >= 0.3 is 0 Å². The summed E-state index contributed by atoms with van der Waals surface area (Å²) in [5, 5.41) is 0.705. The molecule has 1 aromatic heterocycles. The highest BCUT2D eigenvalue weighted by Gasteiger charge is 2.33. The van der Waals surface area contributed by atoms with E-state index in [0.717, 1.165) is 30.6 Å². The smallest absolute Gasteiger partial charge is 0.258 e. The molecule has 6 heteroatoms. The van der Waals surface area contributed by atoms with Crippen LogP contribution in [0.5, 0.6) is 5.75 Å². The van der Waals surface area contributed by atoms with Crippen LogP contribution in [0, 0.1) is 0 Å². The van der Waals surface area contributed by atoms with Gasteiger partial charge < -0.3 is 14.1 Å². The van der Waals surface area contributed by atoms with E-state index in [1.54, 1.807) is 25.4 Å². The molecular weight excluding hydrogens is 388 g/mol. The summed E-state index contributed by atoms with van der Waals surface area (Å²) in [5.74, 6) is 1.84. The minimum Gasteiger partial charge on any atom is -0.496 e. The Morgan fingerprint density at radius 1 is 1.21 bits per heavy atom. The second-order valence-corrected chi connectivity index (χ2v) is 7.55. The molecule has 2 heterocycles. The predicted octanol–water partition coefficient (Wildman–Crippen LogP) is 5.29. The van der Waals surface area contributed by atoms with E-state index in [1.165, 1.54) is 0 Å². The zero-order valence-electron chi connectivity index (χ0n) is 16.3. The Kier molecular flexibility index (Phi) is 5.86. The lowest BCUT2D eigenvalue weighted by atomic mass is 10.0. The van der Waals surface area contributed by atoms with Crippen LogP contribution in [0.4, 0.5) is 0 Å². The number of halogens is 1. The highest BCUT2D eigenvalue weighted by Crippen LogP contribution is 2.34. The van der Waals surface area contributed by atoms with Crippen molar-refractivity contribution in [2.45, 2.75) is 31.7 Å². The van der Waals surface area contributed by atoms with Crippen LogP contribution in [-0.4, -0.2) is 29.4 Å². The van der Waals surface area contributed by atoms with Crippen LogP contribution in [0.25, 0.3) is 0 Å². The SMILES string of the molecule is COc1ccccc1C(=O)N1CCCC[C@H]1c1ncc(Cc2ccccc2Cl)o1. The van der Waals surface area contributed by atoms with Crippen molar-refractivity contribution in [3.05, 3.63) is 82.5 Å². The molecule has 150 valence electrons. The normalized spacial score (nSPS) is 16.6. The van der Waals surface area contributed by atoms with Crippen molar-refractivity contribution >= 4 is 17.5 Å². The molecule has 5 nitrogen and oxygen atoms in total. The van der Waals surface area contributed by atoms with Crippen LogP contribution >= 0.6 is 11.6 Å². The van der Waals surface area contributed by atoms with Gasteiger partial charge in [-0.3, -0.25) is 4.79 Å². The van der Waals surface area contributed by atoms with Crippen LogP contribution in [0.2, 0.25) is 5.02 Å². The van der Waals surface area contributed by atoms with Gasteiger partial charge in [0.05, 0.1) is 18.9 Å². The number of methoxy groups -OCH3 is 1. The Bertz CT molecular complexity index is 1000. The standard InChI is InChI=1S/C23H23ClN2O3/c1-28-21-12-5-3-9-18(21)23(27)26-13-7-6-11-20(26)22-25-15-17(29-22)14-16-8-2-4-10-19(16)24/h2-5,8-10,12,15,20H,6-7,11,13-14H2,1H3/t20-/m0/s1. The number of carbonyl (C=O) groups is 1. The molecule has 0 spiro atoms. The van der Waals surface area contributed by atoms with E-state index in [9.17, 15) is 4.79 Å². The minimum atomic E-state index is -0.179. The summed E-state index contributed by atoms with van der Waals surface area (Å²) in [6, 6.07) is 14.8. The van der Waals surface area contributed by atoms with Crippen LogP contribution in [0.1, 0.15) is 52.9 Å². The number of rotatable bonds is 5. The first kappa shape index (κ1) is 19.5. The van der Waals surface area contributed by atoms with Gasteiger partial charge in [-0.25, -0.2) is 4.98 Å². The molecule has 1 fully saturated rings. The van der Waals surface area contributed by atoms with E-state index in [2.05, 4.69) is 4.98 Å². The van der Waals surface area contributed by atoms with Gasteiger partial charge in [0.1, 0.15) is 17.6 Å². The van der Waals surface area contributed by atoms with Crippen LogP contribution < -0.4 is 4.74 Å². The Balaban J connectivity index is 1.57. The van der Waals surface area contributed by atoms with Crippen molar-refractivity contribution in [2.24, 2.45) is 0 Å². The lowest BCUT2D eigenvalue weighted by molar-refractivity contribution is 0.0566. The fourth-order valence-corrected chi connectivity index (χ4v) is 4.00. The van der Waals surface area contributed by atoms with Crippen molar-refractivity contribution < 1.29 is 13.9 Å².